The molecule has 0 bridgehead atoms. The minimum atomic E-state index is -0.438. The molecular weight excluding hydrogens is 244 g/mol. The van der Waals surface area contributed by atoms with Crippen molar-refractivity contribution < 1.29 is 14.6 Å². The van der Waals surface area contributed by atoms with E-state index >= 15 is 0 Å². The van der Waals surface area contributed by atoms with Crippen molar-refractivity contribution in [1.82, 2.24) is 10.2 Å². The first-order valence-electron chi connectivity index (χ1n) is 7.23. The fourth-order valence-electron chi connectivity index (χ4n) is 3.79. The van der Waals surface area contributed by atoms with E-state index < -0.39 is 5.60 Å². The van der Waals surface area contributed by atoms with Crippen LogP contribution in [0, 0.1) is 5.92 Å². The van der Waals surface area contributed by atoms with Crippen molar-refractivity contribution in [3.8, 4) is 0 Å². The van der Waals surface area contributed by atoms with E-state index in [4.69, 9.17) is 4.74 Å². The van der Waals surface area contributed by atoms with Crippen LogP contribution in [-0.2, 0) is 4.74 Å². The Morgan fingerprint density at radius 1 is 1.42 bits per heavy atom. The van der Waals surface area contributed by atoms with E-state index in [9.17, 15) is 9.90 Å². The molecule has 0 aromatic heterocycles. The van der Waals surface area contributed by atoms with E-state index in [-0.39, 0.29) is 23.8 Å². The topological polar surface area (TPSA) is 61.8 Å². The highest BCUT2D eigenvalue weighted by atomic mass is 16.6. The molecule has 3 rings (SSSR count). The van der Waals surface area contributed by atoms with E-state index in [0.29, 0.717) is 5.92 Å². The molecule has 2 N–H and O–H groups in total. The number of alkyl carbamates (subject to hydrolysis) is 1. The van der Waals surface area contributed by atoms with Gasteiger partial charge in [0.05, 0.1) is 6.10 Å². The molecule has 1 aliphatic heterocycles. The molecule has 19 heavy (non-hydrogen) atoms. The van der Waals surface area contributed by atoms with Gasteiger partial charge in [-0.25, -0.2) is 4.79 Å². The molecule has 3 aliphatic rings. The van der Waals surface area contributed by atoms with E-state index in [1.54, 1.807) is 0 Å². The largest absolute Gasteiger partial charge is 0.444 e. The van der Waals surface area contributed by atoms with Crippen molar-refractivity contribution in [3.05, 3.63) is 0 Å². The molecule has 0 aromatic carbocycles. The summed E-state index contributed by atoms with van der Waals surface area (Å²) in [5.74, 6) is 0.549. The number of aliphatic hydroxyl groups excluding tert-OH is 1. The number of fused-ring (bicyclic) bond motifs is 1. The fourth-order valence-corrected chi connectivity index (χ4v) is 3.79. The van der Waals surface area contributed by atoms with Crippen LogP contribution in [0.1, 0.15) is 40.0 Å². The van der Waals surface area contributed by atoms with E-state index in [1.165, 1.54) is 12.8 Å². The van der Waals surface area contributed by atoms with Gasteiger partial charge < -0.3 is 15.2 Å². The maximum atomic E-state index is 11.8. The summed E-state index contributed by atoms with van der Waals surface area (Å²) in [6.45, 7) is 7.23. The first kappa shape index (κ1) is 13.2. The summed E-state index contributed by atoms with van der Waals surface area (Å²) in [6.07, 6.45) is 2.93. The molecule has 3 atom stereocenters. The second-order valence-corrected chi connectivity index (χ2v) is 7.26. The maximum absolute atomic E-state index is 11.8. The maximum Gasteiger partial charge on any atom is 0.407 e. The summed E-state index contributed by atoms with van der Waals surface area (Å²) in [5, 5.41) is 12.4. The number of rotatable bonds is 2. The van der Waals surface area contributed by atoms with Crippen LogP contribution in [-0.4, -0.2) is 52.5 Å². The number of ether oxygens (including phenoxy) is 1. The smallest absolute Gasteiger partial charge is 0.407 e. The highest BCUT2D eigenvalue weighted by Crippen LogP contribution is 2.58. The number of nitrogens with zero attached hydrogens (tertiary/aromatic N) is 1. The third-order valence-electron chi connectivity index (χ3n) is 4.83. The van der Waals surface area contributed by atoms with Crippen LogP contribution in [0.3, 0.4) is 0 Å². The summed E-state index contributed by atoms with van der Waals surface area (Å²) >= 11 is 0. The molecule has 2 aliphatic carbocycles. The van der Waals surface area contributed by atoms with E-state index in [2.05, 4.69) is 10.2 Å². The SMILES string of the molecule is CC(C)(C)OC(=O)NC1CC2(N3CC(O)C3)CCC12. The Balaban J connectivity index is 1.50. The van der Waals surface area contributed by atoms with E-state index in [1.807, 2.05) is 20.8 Å². The van der Waals surface area contributed by atoms with Gasteiger partial charge >= 0.3 is 6.09 Å². The minimum Gasteiger partial charge on any atom is -0.444 e. The normalized spacial score (nSPS) is 38.5. The predicted molar refractivity (Wildman–Crippen MR) is 70.8 cm³/mol. The summed E-state index contributed by atoms with van der Waals surface area (Å²) in [7, 11) is 0. The lowest BCUT2D eigenvalue weighted by Gasteiger charge is -2.69. The van der Waals surface area contributed by atoms with Crippen molar-refractivity contribution in [1.29, 1.82) is 0 Å². The van der Waals surface area contributed by atoms with E-state index in [0.717, 1.165) is 19.5 Å². The van der Waals surface area contributed by atoms with Gasteiger partial charge in [-0.05, 0) is 46.0 Å². The number of carbonyl (C=O) groups excluding carboxylic acids is 1. The van der Waals surface area contributed by atoms with Crippen LogP contribution in [0.15, 0.2) is 0 Å². The molecule has 108 valence electrons. The Bertz CT molecular complexity index is 387. The Labute approximate surface area is 114 Å². The average molecular weight is 268 g/mol. The highest BCUT2D eigenvalue weighted by Gasteiger charge is 2.64. The van der Waals surface area contributed by atoms with Crippen molar-refractivity contribution in [3.63, 3.8) is 0 Å². The standard InChI is InChI=1S/C14H24N2O3/c1-13(2,3)19-12(18)15-11-6-14(5-4-10(11)14)16-7-9(17)8-16/h9-11,17H,4-8H2,1-3H3,(H,15,18). The van der Waals surface area contributed by atoms with Crippen LogP contribution in [0.4, 0.5) is 4.79 Å². The molecule has 3 unspecified atom stereocenters. The first-order valence-corrected chi connectivity index (χ1v) is 7.23. The monoisotopic (exact) mass is 268 g/mol. The zero-order chi connectivity index (χ0) is 13.8. The van der Waals surface area contributed by atoms with Gasteiger partial charge in [-0.3, -0.25) is 4.90 Å². The van der Waals surface area contributed by atoms with Gasteiger partial charge in [0.1, 0.15) is 5.60 Å². The Morgan fingerprint density at radius 3 is 2.53 bits per heavy atom. The highest BCUT2D eigenvalue weighted by molar-refractivity contribution is 5.68. The molecule has 5 heteroatoms. The van der Waals surface area contributed by atoms with Gasteiger partial charge in [-0.15, -0.1) is 0 Å². The van der Waals surface area contributed by atoms with Crippen molar-refractivity contribution in [2.24, 2.45) is 5.92 Å². The summed E-state index contributed by atoms with van der Waals surface area (Å²) in [6, 6.07) is 0.251. The summed E-state index contributed by atoms with van der Waals surface area (Å²) in [5.41, 5.74) is -0.162. The second-order valence-electron chi connectivity index (χ2n) is 7.26. The predicted octanol–water partition coefficient (Wildman–Crippen LogP) is 1.11. The molecule has 0 aromatic rings. The Kier molecular flexibility index (Phi) is 2.84. The number of likely N-dealkylation sites (tertiary alicyclic amines) is 1. The minimum absolute atomic E-state index is 0.145. The third-order valence-corrected chi connectivity index (χ3v) is 4.83. The number of hydrogen-bond acceptors (Lipinski definition) is 4. The lowest BCUT2D eigenvalue weighted by atomic mass is 9.49. The van der Waals surface area contributed by atoms with Gasteiger partial charge in [0.2, 0.25) is 0 Å². The number of hydrogen-bond donors (Lipinski definition) is 2. The number of amides is 1. The zero-order valence-corrected chi connectivity index (χ0v) is 12.0. The lowest BCUT2D eigenvalue weighted by Crippen LogP contribution is -2.79. The van der Waals surface area contributed by atoms with Crippen molar-refractivity contribution in [2.45, 2.75) is 63.3 Å². The van der Waals surface area contributed by atoms with Crippen LogP contribution < -0.4 is 5.32 Å². The average Bonchev–Trinajstić information content (AvgIpc) is 2.17. The fraction of sp³-hybridized carbons (Fsp3) is 0.929. The number of nitrogens with one attached hydrogen (secondary N) is 1. The molecule has 0 radical (unpaired) electrons. The molecule has 1 saturated heterocycles. The molecule has 3 fully saturated rings. The Hall–Kier alpha value is -0.810. The molecule has 5 nitrogen and oxygen atoms in total. The molecule has 0 spiro atoms. The van der Waals surface area contributed by atoms with Gasteiger partial charge in [0.25, 0.3) is 0 Å². The zero-order valence-electron chi connectivity index (χ0n) is 12.0. The number of aliphatic hydroxyl groups is 1. The van der Waals surface area contributed by atoms with Gasteiger partial charge in [-0.2, -0.15) is 0 Å². The van der Waals surface area contributed by atoms with Crippen molar-refractivity contribution >= 4 is 6.09 Å². The Morgan fingerprint density at radius 2 is 2.11 bits per heavy atom. The van der Waals surface area contributed by atoms with Crippen LogP contribution in [0.5, 0.6) is 0 Å². The molecule has 2 saturated carbocycles. The van der Waals surface area contributed by atoms with Crippen molar-refractivity contribution in [2.75, 3.05) is 13.1 Å². The van der Waals surface area contributed by atoms with Crippen LogP contribution >= 0.6 is 0 Å². The van der Waals surface area contributed by atoms with Gasteiger partial charge in [-0.1, -0.05) is 0 Å². The van der Waals surface area contributed by atoms with Crippen LogP contribution in [0.2, 0.25) is 0 Å². The molecule has 1 heterocycles. The first-order chi connectivity index (χ1) is 8.80. The van der Waals surface area contributed by atoms with Crippen LogP contribution in [0.25, 0.3) is 0 Å². The second kappa shape index (κ2) is 4.09. The summed E-state index contributed by atoms with van der Waals surface area (Å²) in [4.78, 5) is 14.1. The number of carbonyl (C=O) groups is 1. The third kappa shape index (κ3) is 2.13. The lowest BCUT2D eigenvalue weighted by molar-refractivity contribution is -0.192. The van der Waals surface area contributed by atoms with Gasteiger partial charge in [0.15, 0.2) is 0 Å². The summed E-state index contributed by atoms with van der Waals surface area (Å²) < 4.78 is 5.30. The molecule has 1 amide bonds. The van der Waals surface area contributed by atoms with Gasteiger partial charge in [0, 0.05) is 24.7 Å². The number of β-amino-alcohol motifs (C(OH)–C–C–N with tert-alkyl or cyclic N) is 1. The molecular formula is C14H24N2O3. The quantitative estimate of drug-likeness (QED) is 0.787.